The molecular weight excluding hydrogens is 368 g/mol. The second kappa shape index (κ2) is 11.9. The zero-order valence-electron chi connectivity index (χ0n) is 17.3. The van der Waals surface area contributed by atoms with E-state index in [1.807, 2.05) is 37.3 Å². The van der Waals surface area contributed by atoms with Crippen molar-refractivity contribution in [2.24, 2.45) is 5.92 Å². The van der Waals surface area contributed by atoms with Crippen LogP contribution in [-0.2, 0) is 9.59 Å². The number of rotatable bonds is 12. The quantitative estimate of drug-likeness (QED) is 0.353. The molecule has 5 nitrogen and oxygen atoms in total. The number of unbranched alkanes of at least 4 members (excludes halogenated alkanes) is 2. The smallest absolute Gasteiger partial charge is 0.303 e. The third kappa shape index (κ3) is 7.09. The molecule has 0 aliphatic heterocycles. The molecule has 1 aliphatic carbocycles. The first-order valence-electron chi connectivity index (χ1n) is 10.8. The summed E-state index contributed by atoms with van der Waals surface area (Å²) >= 11 is 0. The standard InChI is InChI=1S/C24H34O5/c1-2-3-9-21(26)24(29)19-13-11-18(12-14-19)23-17(15-16-20(23)25)8-6-4-5-7-10-22(27)28/h4,6,11-14,17,21,23-24,26,29H,2-3,5,7-10,15-16H2,1H3,(H,27,28)/t17-,21?,23-,24?/m0/s1. The number of Topliss-reactive ketones (excluding diaryl/α,β-unsaturated/α-hetero) is 1. The highest BCUT2D eigenvalue weighted by Crippen LogP contribution is 2.39. The number of allylic oxidation sites excluding steroid dienone is 2. The first-order chi connectivity index (χ1) is 13.9. The second-order valence-corrected chi connectivity index (χ2v) is 8.06. The van der Waals surface area contributed by atoms with Gasteiger partial charge in [0.05, 0.1) is 6.10 Å². The van der Waals surface area contributed by atoms with Crippen molar-refractivity contribution in [1.82, 2.24) is 0 Å². The zero-order valence-corrected chi connectivity index (χ0v) is 17.3. The van der Waals surface area contributed by atoms with Crippen LogP contribution in [0.2, 0.25) is 0 Å². The second-order valence-electron chi connectivity index (χ2n) is 8.06. The fourth-order valence-corrected chi connectivity index (χ4v) is 4.08. The highest BCUT2D eigenvalue weighted by molar-refractivity contribution is 5.88. The minimum Gasteiger partial charge on any atom is -0.481 e. The third-order valence-electron chi connectivity index (χ3n) is 5.80. The first kappa shape index (κ1) is 23.3. The zero-order chi connectivity index (χ0) is 21.2. The maximum absolute atomic E-state index is 12.5. The molecule has 0 amide bonds. The Kier molecular flexibility index (Phi) is 9.55. The Morgan fingerprint density at radius 1 is 1.17 bits per heavy atom. The van der Waals surface area contributed by atoms with E-state index in [0.29, 0.717) is 24.8 Å². The van der Waals surface area contributed by atoms with Gasteiger partial charge in [0.15, 0.2) is 0 Å². The van der Waals surface area contributed by atoms with Gasteiger partial charge in [-0.2, -0.15) is 0 Å². The molecule has 2 rings (SSSR count). The molecule has 2 unspecified atom stereocenters. The molecular formula is C24H34O5. The summed E-state index contributed by atoms with van der Waals surface area (Å²) in [7, 11) is 0. The topological polar surface area (TPSA) is 94.8 Å². The molecule has 1 aliphatic rings. The summed E-state index contributed by atoms with van der Waals surface area (Å²) < 4.78 is 0. The molecule has 29 heavy (non-hydrogen) atoms. The molecule has 1 fully saturated rings. The van der Waals surface area contributed by atoms with Crippen molar-refractivity contribution in [2.45, 2.75) is 82.8 Å². The molecule has 0 bridgehead atoms. The predicted octanol–water partition coefficient (Wildman–Crippen LogP) is 4.54. The lowest BCUT2D eigenvalue weighted by Crippen LogP contribution is -2.18. The van der Waals surface area contributed by atoms with E-state index < -0.39 is 18.2 Å². The Bertz CT molecular complexity index is 679. The van der Waals surface area contributed by atoms with Gasteiger partial charge in [-0.05, 0) is 49.1 Å². The van der Waals surface area contributed by atoms with E-state index >= 15 is 0 Å². The van der Waals surface area contributed by atoms with E-state index in [9.17, 15) is 19.8 Å². The average Bonchev–Trinajstić information content (AvgIpc) is 3.08. The fourth-order valence-electron chi connectivity index (χ4n) is 4.08. The van der Waals surface area contributed by atoms with Gasteiger partial charge in [-0.15, -0.1) is 0 Å². The number of aliphatic hydroxyl groups excluding tert-OH is 2. The van der Waals surface area contributed by atoms with E-state index in [1.54, 1.807) is 0 Å². The average molecular weight is 403 g/mol. The van der Waals surface area contributed by atoms with Crippen LogP contribution in [-0.4, -0.2) is 33.2 Å². The largest absolute Gasteiger partial charge is 0.481 e. The van der Waals surface area contributed by atoms with Crippen molar-refractivity contribution < 1.29 is 24.9 Å². The Morgan fingerprint density at radius 2 is 1.90 bits per heavy atom. The molecule has 0 radical (unpaired) electrons. The molecule has 4 atom stereocenters. The lowest BCUT2D eigenvalue weighted by molar-refractivity contribution is -0.137. The number of benzene rings is 1. The maximum atomic E-state index is 12.5. The minimum absolute atomic E-state index is 0.130. The summed E-state index contributed by atoms with van der Waals surface area (Å²) in [5.74, 6) is -0.393. The van der Waals surface area contributed by atoms with Gasteiger partial charge in [0, 0.05) is 18.8 Å². The molecule has 0 aromatic heterocycles. The summed E-state index contributed by atoms with van der Waals surface area (Å²) in [6.07, 6.45) is 8.64. The first-order valence-corrected chi connectivity index (χ1v) is 10.8. The minimum atomic E-state index is -0.903. The van der Waals surface area contributed by atoms with Crippen molar-refractivity contribution in [1.29, 1.82) is 0 Å². The highest BCUT2D eigenvalue weighted by Gasteiger charge is 2.35. The fraction of sp³-hybridized carbons (Fsp3) is 0.583. The Labute approximate surface area is 173 Å². The van der Waals surface area contributed by atoms with Crippen molar-refractivity contribution in [3.05, 3.63) is 47.5 Å². The Morgan fingerprint density at radius 3 is 2.55 bits per heavy atom. The Hall–Kier alpha value is -1.98. The molecule has 0 heterocycles. The van der Waals surface area contributed by atoms with E-state index in [4.69, 9.17) is 5.11 Å². The van der Waals surface area contributed by atoms with Crippen LogP contribution < -0.4 is 0 Å². The van der Waals surface area contributed by atoms with Crippen LogP contribution >= 0.6 is 0 Å². The molecule has 0 saturated heterocycles. The SMILES string of the molecule is CCCCC(O)C(O)c1ccc([C@H]2C(=O)CC[C@@H]2CC=CCCCC(=O)O)cc1. The summed E-state index contributed by atoms with van der Waals surface area (Å²) in [6.45, 7) is 2.05. The predicted molar refractivity (Wildman–Crippen MR) is 113 cm³/mol. The number of hydrogen-bond acceptors (Lipinski definition) is 4. The molecule has 1 saturated carbocycles. The summed E-state index contributed by atoms with van der Waals surface area (Å²) in [5, 5.41) is 29.1. The van der Waals surface area contributed by atoms with E-state index in [-0.39, 0.29) is 24.0 Å². The van der Waals surface area contributed by atoms with Gasteiger partial charge in [0.1, 0.15) is 11.9 Å². The van der Waals surface area contributed by atoms with Crippen molar-refractivity contribution >= 4 is 11.8 Å². The molecule has 0 spiro atoms. The molecule has 3 N–H and O–H groups in total. The molecule has 160 valence electrons. The number of aliphatic hydroxyl groups is 2. The monoisotopic (exact) mass is 402 g/mol. The number of carboxylic acid groups (broad SMARTS) is 1. The van der Waals surface area contributed by atoms with Crippen LogP contribution in [0.15, 0.2) is 36.4 Å². The van der Waals surface area contributed by atoms with Gasteiger partial charge in [0.25, 0.3) is 0 Å². The van der Waals surface area contributed by atoms with E-state index in [0.717, 1.165) is 37.7 Å². The van der Waals surface area contributed by atoms with Crippen molar-refractivity contribution in [3.63, 3.8) is 0 Å². The number of carbonyl (C=O) groups excluding carboxylic acids is 1. The number of aliphatic carboxylic acids is 1. The van der Waals surface area contributed by atoms with Crippen molar-refractivity contribution in [3.8, 4) is 0 Å². The highest BCUT2D eigenvalue weighted by atomic mass is 16.4. The number of ketones is 1. The van der Waals surface area contributed by atoms with Crippen molar-refractivity contribution in [2.75, 3.05) is 0 Å². The van der Waals surface area contributed by atoms with Gasteiger partial charge in [-0.25, -0.2) is 0 Å². The summed E-state index contributed by atoms with van der Waals surface area (Å²) in [6, 6.07) is 7.45. The van der Waals surface area contributed by atoms with Crippen LogP contribution in [0.1, 0.15) is 87.9 Å². The van der Waals surface area contributed by atoms with Gasteiger partial charge >= 0.3 is 5.97 Å². The summed E-state index contributed by atoms with van der Waals surface area (Å²) in [4.78, 5) is 23.0. The van der Waals surface area contributed by atoms with Crippen LogP contribution in [0.4, 0.5) is 0 Å². The van der Waals surface area contributed by atoms with Gasteiger partial charge < -0.3 is 15.3 Å². The van der Waals surface area contributed by atoms with Crippen LogP contribution in [0.25, 0.3) is 0 Å². The van der Waals surface area contributed by atoms with Gasteiger partial charge in [0.2, 0.25) is 0 Å². The van der Waals surface area contributed by atoms with Crippen LogP contribution in [0.3, 0.4) is 0 Å². The maximum Gasteiger partial charge on any atom is 0.303 e. The van der Waals surface area contributed by atoms with Crippen LogP contribution in [0, 0.1) is 5.92 Å². The number of carboxylic acids is 1. The molecule has 1 aromatic carbocycles. The van der Waals surface area contributed by atoms with E-state index in [2.05, 4.69) is 6.08 Å². The van der Waals surface area contributed by atoms with Crippen LogP contribution in [0.5, 0.6) is 0 Å². The molecule has 1 aromatic rings. The normalized spacial score (nSPS) is 21.6. The molecule has 5 heteroatoms. The number of carbonyl (C=O) groups is 2. The van der Waals surface area contributed by atoms with Gasteiger partial charge in [-0.3, -0.25) is 9.59 Å². The lowest BCUT2D eigenvalue weighted by atomic mass is 9.85. The van der Waals surface area contributed by atoms with Gasteiger partial charge in [-0.1, -0.05) is 56.2 Å². The van der Waals surface area contributed by atoms with E-state index in [1.165, 1.54) is 0 Å². The Balaban J connectivity index is 1.95. The third-order valence-corrected chi connectivity index (χ3v) is 5.80. The lowest BCUT2D eigenvalue weighted by Gasteiger charge is -2.20. The summed E-state index contributed by atoms with van der Waals surface area (Å²) in [5.41, 5.74) is 1.65. The number of hydrogen-bond donors (Lipinski definition) is 3.